The second-order valence-electron chi connectivity index (χ2n) is 9.42. The fraction of sp³-hybridized carbons (Fsp3) is 0.233. The molecule has 1 atom stereocenters. The number of rotatable bonds is 8. The highest BCUT2D eigenvalue weighted by Crippen LogP contribution is 2.41. The standard InChI is InChI=1S/C30H26F2N2O5/c1-18-9-22(31)4-5-23(18)24-11-20(14-34-8-7-33-17-34)12-25-29(36)21(15-39-30(24)25)10-19-3-6-26(32)27(13-19)38-16-28(35)37-2/h3-9,11-13,17,21H,10,14-16H2,1-2H3/t21-/m0/s1. The summed E-state index contributed by atoms with van der Waals surface area (Å²) in [7, 11) is 1.22. The molecule has 0 fully saturated rings. The number of hydrogen-bond acceptors (Lipinski definition) is 6. The second kappa shape index (κ2) is 11.1. The molecule has 0 aliphatic carbocycles. The maximum absolute atomic E-state index is 14.2. The van der Waals surface area contributed by atoms with Crippen molar-refractivity contribution in [2.45, 2.75) is 19.9 Å². The molecule has 7 nitrogen and oxygen atoms in total. The number of nitrogens with zero attached hydrogens (tertiary/aromatic N) is 2. The highest BCUT2D eigenvalue weighted by atomic mass is 19.1. The third-order valence-corrected chi connectivity index (χ3v) is 6.67. The molecule has 5 rings (SSSR count). The van der Waals surface area contributed by atoms with Crippen molar-refractivity contribution in [2.24, 2.45) is 5.92 Å². The first-order valence-electron chi connectivity index (χ1n) is 12.4. The Hall–Kier alpha value is -4.53. The number of aryl methyl sites for hydroxylation is 1. The van der Waals surface area contributed by atoms with E-state index < -0.39 is 24.3 Å². The maximum atomic E-state index is 14.2. The second-order valence-corrected chi connectivity index (χ2v) is 9.42. The molecular formula is C30H26F2N2O5. The number of methoxy groups -OCH3 is 1. The van der Waals surface area contributed by atoms with Crippen LogP contribution in [0.5, 0.6) is 11.5 Å². The zero-order valence-electron chi connectivity index (χ0n) is 21.4. The monoisotopic (exact) mass is 532 g/mol. The summed E-state index contributed by atoms with van der Waals surface area (Å²) < 4.78 is 46.0. The average molecular weight is 533 g/mol. The predicted molar refractivity (Wildman–Crippen MR) is 139 cm³/mol. The van der Waals surface area contributed by atoms with Gasteiger partial charge in [-0.15, -0.1) is 0 Å². The summed E-state index contributed by atoms with van der Waals surface area (Å²) in [5, 5.41) is 0. The van der Waals surface area contributed by atoms with E-state index in [2.05, 4.69) is 9.72 Å². The van der Waals surface area contributed by atoms with Crippen LogP contribution in [0, 0.1) is 24.5 Å². The van der Waals surface area contributed by atoms with Crippen molar-refractivity contribution in [2.75, 3.05) is 20.3 Å². The third-order valence-electron chi connectivity index (χ3n) is 6.67. The molecule has 4 aromatic rings. The van der Waals surface area contributed by atoms with Crippen LogP contribution in [0.4, 0.5) is 8.78 Å². The first kappa shape index (κ1) is 26.1. The Kier molecular flexibility index (Phi) is 7.40. The van der Waals surface area contributed by atoms with Gasteiger partial charge in [0.1, 0.15) is 11.6 Å². The summed E-state index contributed by atoms with van der Waals surface area (Å²) in [6.45, 7) is 1.99. The van der Waals surface area contributed by atoms with Crippen LogP contribution in [0.1, 0.15) is 27.0 Å². The number of fused-ring (bicyclic) bond motifs is 1. The van der Waals surface area contributed by atoms with Gasteiger partial charge in [0.05, 0.1) is 31.5 Å². The number of imidazole rings is 1. The van der Waals surface area contributed by atoms with Gasteiger partial charge in [-0.2, -0.15) is 0 Å². The summed E-state index contributed by atoms with van der Waals surface area (Å²) in [5.74, 6) is -1.87. The van der Waals surface area contributed by atoms with Crippen molar-refractivity contribution in [1.82, 2.24) is 9.55 Å². The van der Waals surface area contributed by atoms with Crippen molar-refractivity contribution < 1.29 is 32.6 Å². The molecule has 2 heterocycles. The van der Waals surface area contributed by atoms with E-state index in [4.69, 9.17) is 9.47 Å². The number of Topliss-reactive ketones (excluding diaryl/α,β-unsaturated/α-hetero) is 1. The van der Waals surface area contributed by atoms with Gasteiger partial charge in [0, 0.05) is 24.5 Å². The number of ketones is 1. The van der Waals surface area contributed by atoms with Gasteiger partial charge in [0.2, 0.25) is 0 Å². The number of aromatic nitrogens is 2. The number of carbonyl (C=O) groups excluding carboxylic acids is 2. The summed E-state index contributed by atoms with van der Waals surface area (Å²) in [4.78, 5) is 29.3. The molecule has 1 aliphatic heterocycles. The Labute approximate surface area is 224 Å². The molecule has 200 valence electrons. The van der Waals surface area contributed by atoms with Gasteiger partial charge in [-0.05, 0) is 72.0 Å². The van der Waals surface area contributed by atoms with Gasteiger partial charge in [-0.1, -0.05) is 12.1 Å². The molecule has 0 amide bonds. The molecule has 0 saturated heterocycles. The zero-order valence-corrected chi connectivity index (χ0v) is 21.4. The Morgan fingerprint density at radius 1 is 1.08 bits per heavy atom. The Morgan fingerprint density at radius 2 is 1.90 bits per heavy atom. The predicted octanol–water partition coefficient (Wildman–Crippen LogP) is 5.17. The lowest BCUT2D eigenvalue weighted by Gasteiger charge is -2.27. The van der Waals surface area contributed by atoms with Crippen molar-refractivity contribution >= 4 is 11.8 Å². The Bertz CT molecular complexity index is 1530. The molecule has 0 N–H and O–H groups in total. The highest BCUT2D eigenvalue weighted by molar-refractivity contribution is 6.04. The molecule has 39 heavy (non-hydrogen) atoms. The summed E-state index contributed by atoms with van der Waals surface area (Å²) in [6, 6.07) is 12.6. The molecular weight excluding hydrogens is 506 g/mol. The quantitative estimate of drug-likeness (QED) is 0.291. The fourth-order valence-corrected chi connectivity index (χ4v) is 4.74. The van der Waals surface area contributed by atoms with E-state index in [0.717, 1.165) is 16.7 Å². The molecule has 0 radical (unpaired) electrons. The van der Waals surface area contributed by atoms with Crippen LogP contribution in [0.2, 0.25) is 0 Å². The Balaban J connectivity index is 1.47. The molecule has 1 aromatic heterocycles. The van der Waals surface area contributed by atoms with Gasteiger partial charge in [0.25, 0.3) is 0 Å². The van der Waals surface area contributed by atoms with E-state index in [9.17, 15) is 18.4 Å². The molecule has 0 spiro atoms. The van der Waals surface area contributed by atoms with Crippen molar-refractivity contribution in [3.8, 4) is 22.6 Å². The minimum absolute atomic E-state index is 0.0980. The molecule has 0 saturated carbocycles. The van der Waals surface area contributed by atoms with Crippen molar-refractivity contribution in [1.29, 1.82) is 0 Å². The first-order chi connectivity index (χ1) is 18.8. The number of benzene rings is 3. The number of hydrogen-bond donors (Lipinski definition) is 0. The van der Waals surface area contributed by atoms with E-state index in [1.807, 2.05) is 29.8 Å². The number of ether oxygens (including phenoxy) is 3. The normalized spacial score (nSPS) is 14.5. The van der Waals surface area contributed by atoms with Crippen LogP contribution < -0.4 is 9.47 Å². The molecule has 0 unspecified atom stereocenters. The van der Waals surface area contributed by atoms with E-state index in [-0.39, 0.29) is 30.4 Å². The van der Waals surface area contributed by atoms with Crippen LogP contribution >= 0.6 is 0 Å². The van der Waals surface area contributed by atoms with Gasteiger partial charge in [-0.3, -0.25) is 4.79 Å². The van der Waals surface area contributed by atoms with Crippen LogP contribution in [0.3, 0.4) is 0 Å². The van der Waals surface area contributed by atoms with Crippen LogP contribution in [0.25, 0.3) is 11.1 Å². The van der Waals surface area contributed by atoms with Gasteiger partial charge >= 0.3 is 5.97 Å². The van der Waals surface area contributed by atoms with Gasteiger partial charge in [-0.25, -0.2) is 18.6 Å². The maximum Gasteiger partial charge on any atom is 0.343 e. The van der Waals surface area contributed by atoms with E-state index in [1.165, 1.54) is 31.4 Å². The van der Waals surface area contributed by atoms with Gasteiger partial charge in [0.15, 0.2) is 24.0 Å². The zero-order chi connectivity index (χ0) is 27.5. The van der Waals surface area contributed by atoms with Crippen LogP contribution in [0.15, 0.2) is 67.3 Å². The number of halogens is 2. The minimum atomic E-state index is -0.633. The highest BCUT2D eigenvalue weighted by Gasteiger charge is 2.32. The van der Waals surface area contributed by atoms with Crippen molar-refractivity contribution in [3.05, 3.63) is 101 Å². The van der Waals surface area contributed by atoms with Crippen LogP contribution in [-0.2, 0) is 22.5 Å². The lowest BCUT2D eigenvalue weighted by Crippen LogP contribution is -2.30. The first-order valence-corrected chi connectivity index (χ1v) is 12.4. The average Bonchev–Trinajstić information content (AvgIpc) is 3.43. The topological polar surface area (TPSA) is 79.7 Å². The molecule has 1 aliphatic rings. The van der Waals surface area contributed by atoms with E-state index in [1.54, 1.807) is 24.7 Å². The lowest BCUT2D eigenvalue weighted by atomic mass is 9.86. The van der Waals surface area contributed by atoms with Crippen molar-refractivity contribution in [3.63, 3.8) is 0 Å². The Morgan fingerprint density at radius 3 is 2.64 bits per heavy atom. The lowest BCUT2D eigenvalue weighted by molar-refractivity contribution is -0.142. The molecule has 0 bridgehead atoms. The smallest absolute Gasteiger partial charge is 0.343 e. The SMILES string of the molecule is COC(=O)COc1cc(C[C@H]2COc3c(cc(Cn4ccnc4)cc3-c3ccc(F)cc3C)C2=O)ccc1F. The van der Waals surface area contributed by atoms with E-state index in [0.29, 0.717) is 29.0 Å². The summed E-state index contributed by atoms with van der Waals surface area (Å²) >= 11 is 0. The van der Waals surface area contributed by atoms with E-state index >= 15 is 0 Å². The summed E-state index contributed by atoms with van der Waals surface area (Å²) in [6.07, 6.45) is 5.49. The number of esters is 1. The third kappa shape index (κ3) is 5.67. The van der Waals surface area contributed by atoms with Crippen LogP contribution in [-0.4, -0.2) is 41.6 Å². The molecule has 3 aromatic carbocycles. The number of carbonyl (C=O) groups is 2. The molecule has 9 heteroatoms. The largest absolute Gasteiger partial charge is 0.491 e. The summed E-state index contributed by atoms with van der Waals surface area (Å²) in [5.41, 5.74) is 4.17. The van der Waals surface area contributed by atoms with Gasteiger partial charge < -0.3 is 18.8 Å². The fourth-order valence-electron chi connectivity index (χ4n) is 4.74. The minimum Gasteiger partial charge on any atom is -0.491 e.